The third kappa shape index (κ3) is 4.01. The Labute approximate surface area is 206 Å². The number of amides is 1. The summed E-state index contributed by atoms with van der Waals surface area (Å²) < 4.78 is 15.4. The normalized spacial score (nSPS) is 23.8. The second-order valence-corrected chi connectivity index (χ2v) is 10.4. The number of nitrogens with zero attached hydrogens (tertiary/aromatic N) is 3. The van der Waals surface area contributed by atoms with Gasteiger partial charge in [-0.1, -0.05) is 48.4 Å². The summed E-state index contributed by atoms with van der Waals surface area (Å²) in [7, 11) is 0. The Kier molecular flexibility index (Phi) is 5.79. The number of aromatic nitrogens is 2. The van der Waals surface area contributed by atoms with Gasteiger partial charge in [0.05, 0.1) is 23.5 Å². The van der Waals surface area contributed by atoms with Gasteiger partial charge in [-0.15, -0.1) is 0 Å². The fourth-order valence-electron chi connectivity index (χ4n) is 6.61. The van der Waals surface area contributed by atoms with Gasteiger partial charge >= 0.3 is 0 Å². The third-order valence-electron chi connectivity index (χ3n) is 8.33. The average Bonchev–Trinajstić information content (AvgIpc) is 3.50. The molecule has 1 unspecified atom stereocenters. The molecule has 0 bridgehead atoms. The van der Waals surface area contributed by atoms with Crippen molar-refractivity contribution in [1.82, 2.24) is 14.7 Å². The van der Waals surface area contributed by atoms with E-state index in [0.29, 0.717) is 11.9 Å². The Morgan fingerprint density at radius 3 is 2.66 bits per heavy atom. The number of carbonyl (C=O) groups excluding carboxylic acids is 1. The molecule has 5 heteroatoms. The van der Waals surface area contributed by atoms with Crippen molar-refractivity contribution < 1.29 is 9.18 Å². The maximum atomic E-state index is 14.0. The first kappa shape index (κ1) is 22.3. The van der Waals surface area contributed by atoms with E-state index in [1.54, 1.807) is 12.1 Å². The van der Waals surface area contributed by atoms with E-state index in [0.717, 1.165) is 50.8 Å². The van der Waals surface area contributed by atoms with E-state index >= 15 is 0 Å². The molecule has 0 saturated carbocycles. The molecule has 6 rings (SSSR count). The van der Waals surface area contributed by atoms with E-state index in [4.69, 9.17) is 0 Å². The summed E-state index contributed by atoms with van der Waals surface area (Å²) in [6.45, 7) is 3.10. The molecule has 1 aliphatic heterocycles. The van der Waals surface area contributed by atoms with Crippen molar-refractivity contribution in [3.05, 3.63) is 94.6 Å². The Hall–Kier alpha value is -3.21. The van der Waals surface area contributed by atoms with Gasteiger partial charge in [0.2, 0.25) is 5.91 Å². The lowest BCUT2D eigenvalue weighted by molar-refractivity contribution is -0.138. The maximum absolute atomic E-state index is 14.0. The summed E-state index contributed by atoms with van der Waals surface area (Å²) in [5.74, 6) is 0.251. The van der Waals surface area contributed by atoms with Crippen LogP contribution in [0.1, 0.15) is 61.8 Å². The molecule has 4 nitrogen and oxygen atoms in total. The smallest absolute Gasteiger partial charge is 0.230 e. The quantitative estimate of drug-likeness (QED) is 0.440. The van der Waals surface area contributed by atoms with Crippen LogP contribution in [-0.4, -0.2) is 33.2 Å². The van der Waals surface area contributed by atoms with Crippen LogP contribution in [0.3, 0.4) is 0 Å². The Morgan fingerprint density at radius 1 is 1.06 bits per heavy atom. The molecule has 3 aliphatic rings. The molecule has 1 fully saturated rings. The van der Waals surface area contributed by atoms with Crippen LogP contribution in [0.25, 0.3) is 5.69 Å². The van der Waals surface area contributed by atoms with Gasteiger partial charge in [0.25, 0.3) is 0 Å². The lowest BCUT2D eigenvalue weighted by atomic mass is 9.79. The number of piperidine rings is 1. The zero-order valence-corrected chi connectivity index (χ0v) is 20.3. The van der Waals surface area contributed by atoms with Gasteiger partial charge in [0, 0.05) is 30.5 Å². The molecule has 2 aromatic carbocycles. The molecule has 0 N–H and O–H groups in total. The first-order valence-electron chi connectivity index (χ1n) is 13.0. The number of likely N-dealkylation sites (tertiary alicyclic amines) is 1. The van der Waals surface area contributed by atoms with Crippen molar-refractivity contribution in [1.29, 1.82) is 0 Å². The van der Waals surface area contributed by atoms with Crippen LogP contribution >= 0.6 is 0 Å². The largest absolute Gasteiger partial charge is 0.339 e. The average molecular weight is 470 g/mol. The van der Waals surface area contributed by atoms with Gasteiger partial charge in [-0.2, -0.15) is 5.10 Å². The highest BCUT2D eigenvalue weighted by molar-refractivity contribution is 5.84. The molecule has 3 aromatic rings. The van der Waals surface area contributed by atoms with E-state index in [-0.39, 0.29) is 17.7 Å². The third-order valence-corrected chi connectivity index (χ3v) is 8.33. The van der Waals surface area contributed by atoms with Gasteiger partial charge in [0.15, 0.2) is 0 Å². The summed E-state index contributed by atoms with van der Waals surface area (Å²) in [4.78, 5) is 16.2. The summed E-state index contributed by atoms with van der Waals surface area (Å²) in [6.07, 6.45) is 8.98. The van der Waals surface area contributed by atoms with E-state index in [9.17, 15) is 9.18 Å². The maximum Gasteiger partial charge on any atom is 0.230 e. The van der Waals surface area contributed by atoms with Crippen LogP contribution in [-0.2, 0) is 17.6 Å². The molecule has 180 valence electrons. The topological polar surface area (TPSA) is 38.1 Å². The molecule has 3 atom stereocenters. The predicted molar refractivity (Wildman–Crippen MR) is 135 cm³/mol. The van der Waals surface area contributed by atoms with Gasteiger partial charge in [0.1, 0.15) is 5.82 Å². The first-order valence-corrected chi connectivity index (χ1v) is 13.0. The van der Waals surface area contributed by atoms with E-state index in [1.165, 1.54) is 46.5 Å². The SMILES string of the molecule is C[C@@H]1C2=C(CC[C@H]2C(=O)N2CCCCC2Cc2ccccc2)Cc2c1cnn2-c1ccc(F)cc1. The van der Waals surface area contributed by atoms with E-state index in [1.807, 2.05) is 10.9 Å². The fraction of sp³-hybridized carbons (Fsp3) is 0.400. The van der Waals surface area contributed by atoms with Crippen LogP contribution in [0.4, 0.5) is 4.39 Å². The highest BCUT2D eigenvalue weighted by Crippen LogP contribution is 2.48. The summed E-state index contributed by atoms with van der Waals surface area (Å²) in [5.41, 5.74) is 7.32. The second kappa shape index (κ2) is 9.10. The van der Waals surface area contributed by atoms with E-state index < -0.39 is 0 Å². The van der Waals surface area contributed by atoms with Crippen LogP contribution < -0.4 is 0 Å². The predicted octanol–water partition coefficient (Wildman–Crippen LogP) is 6.00. The molecule has 0 radical (unpaired) electrons. The Bertz CT molecular complexity index is 1260. The Morgan fingerprint density at radius 2 is 1.86 bits per heavy atom. The van der Waals surface area contributed by atoms with Gasteiger partial charge in [-0.25, -0.2) is 9.07 Å². The summed E-state index contributed by atoms with van der Waals surface area (Å²) in [5, 5.41) is 4.67. The number of allylic oxidation sites excluding steroid dienone is 1. The number of carbonyl (C=O) groups is 1. The molecular formula is C30H32FN3O. The molecule has 2 heterocycles. The van der Waals surface area contributed by atoms with Gasteiger partial charge in [-0.05, 0) is 68.4 Å². The number of hydrogen-bond donors (Lipinski definition) is 0. The van der Waals surface area contributed by atoms with Crippen LogP contribution in [0.5, 0.6) is 0 Å². The van der Waals surface area contributed by atoms with Crippen molar-refractivity contribution in [2.75, 3.05) is 6.54 Å². The van der Waals surface area contributed by atoms with Crippen molar-refractivity contribution in [2.45, 2.75) is 63.8 Å². The number of rotatable bonds is 4. The zero-order valence-electron chi connectivity index (χ0n) is 20.3. The fourth-order valence-corrected chi connectivity index (χ4v) is 6.61. The zero-order chi connectivity index (χ0) is 23.9. The van der Waals surface area contributed by atoms with Gasteiger partial charge in [-0.3, -0.25) is 4.79 Å². The van der Waals surface area contributed by atoms with Crippen molar-refractivity contribution in [2.24, 2.45) is 5.92 Å². The van der Waals surface area contributed by atoms with Crippen molar-refractivity contribution in [3.63, 3.8) is 0 Å². The standard InChI is InChI=1S/C30H32FN3O/c1-20-27-19-32-34(24-13-11-23(31)12-14-24)28(27)18-22-10-15-26(29(20)22)30(35)33-16-6-5-9-25(33)17-21-7-3-2-4-8-21/h2-4,7-8,11-14,19-20,25-26H,5-6,9-10,15-18H2,1H3/t20-,25?,26+/m0/s1. The first-order chi connectivity index (χ1) is 17.1. The highest BCUT2D eigenvalue weighted by atomic mass is 19.1. The highest BCUT2D eigenvalue weighted by Gasteiger charge is 2.42. The molecular weight excluding hydrogens is 437 g/mol. The van der Waals surface area contributed by atoms with E-state index in [2.05, 4.69) is 47.3 Å². The molecule has 1 aromatic heterocycles. The van der Waals surface area contributed by atoms with Crippen LogP contribution in [0.15, 0.2) is 71.9 Å². The van der Waals surface area contributed by atoms with Crippen LogP contribution in [0, 0.1) is 11.7 Å². The minimum Gasteiger partial charge on any atom is -0.339 e. The van der Waals surface area contributed by atoms with Crippen molar-refractivity contribution in [3.8, 4) is 5.69 Å². The number of halogens is 1. The lowest BCUT2D eigenvalue weighted by Gasteiger charge is -2.39. The molecule has 0 spiro atoms. The monoisotopic (exact) mass is 469 g/mol. The molecule has 1 saturated heterocycles. The molecule has 2 aliphatic carbocycles. The minimum absolute atomic E-state index is 0.0151. The summed E-state index contributed by atoms with van der Waals surface area (Å²) in [6, 6.07) is 17.4. The number of hydrogen-bond acceptors (Lipinski definition) is 2. The van der Waals surface area contributed by atoms with Crippen molar-refractivity contribution >= 4 is 5.91 Å². The van der Waals surface area contributed by atoms with Gasteiger partial charge < -0.3 is 4.90 Å². The molecule has 35 heavy (non-hydrogen) atoms. The van der Waals surface area contributed by atoms with Crippen LogP contribution in [0.2, 0.25) is 0 Å². The number of benzene rings is 2. The summed E-state index contributed by atoms with van der Waals surface area (Å²) >= 11 is 0. The number of fused-ring (bicyclic) bond motifs is 1. The minimum atomic E-state index is -0.242. The second-order valence-electron chi connectivity index (χ2n) is 10.4. The Balaban J connectivity index is 1.26. The molecule has 1 amide bonds. The lowest BCUT2D eigenvalue weighted by Crippen LogP contribution is -2.47.